The second-order valence-electron chi connectivity index (χ2n) is 8.11. The van der Waals surface area contributed by atoms with Gasteiger partial charge in [0.2, 0.25) is 5.91 Å². The Balaban J connectivity index is 1.71. The molecule has 4 heteroatoms. The zero-order chi connectivity index (χ0) is 16.1. The van der Waals surface area contributed by atoms with E-state index in [-0.39, 0.29) is 35.7 Å². The van der Waals surface area contributed by atoms with Crippen LogP contribution >= 0.6 is 0 Å². The van der Waals surface area contributed by atoms with E-state index in [1.165, 1.54) is 0 Å². The molecular weight excluding hydrogens is 290 g/mol. The van der Waals surface area contributed by atoms with Crippen LogP contribution in [0.4, 0.5) is 5.69 Å². The molecule has 2 heterocycles. The zero-order valence-corrected chi connectivity index (χ0v) is 13.8. The Morgan fingerprint density at radius 2 is 2.13 bits per heavy atom. The van der Waals surface area contributed by atoms with Crippen molar-refractivity contribution in [3.8, 4) is 0 Å². The van der Waals surface area contributed by atoms with Crippen molar-refractivity contribution < 1.29 is 14.6 Å². The van der Waals surface area contributed by atoms with Crippen LogP contribution < -0.4 is 4.90 Å². The second-order valence-corrected chi connectivity index (χ2v) is 8.11. The summed E-state index contributed by atoms with van der Waals surface area (Å²) in [6.45, 7) is 6.33. The molecule has 122 valence electrons. The van der Waals surface area contributed by atoms with Crippen LogP contribution in [0, 0.1) is 36.5 Å². The van der Waals surface area contributed by atoms with Crippen molar-refractivity contribution in [2.45, 2.75) is 45.1 Å². The number of carbonyl (C=O) groups excluding carboxylic acids is 1. The maximum atomic E-state index is 13.3. The molecule has 0 unspecified atom stereocenters. The standard InChI is InChI=1S/C19H23NO3/c1-9(2)19-15-13-8-12(16(21)17(13)23-19)14(15)18(22)20(19)11-6-4-5-10(3)7-11/h4-7,9,12-17,21H,8H2,1-3H3/t12-,13-,14-,15+,16-,17+,19-/m1/s1. The molecule has 2 saturated heterocycles. The quantitative estimate of drug-likeness (QED) is 0.912. The largest absolute Gasteiger partial charge is 0.390 e. The number of ether oxygens (including phenoxy) is 1. The molecule has 2 bridgehead atoms. The molecule has 4 fully saturated rings. The zero-order valence-electron chi connectivity index (χ0n) is 13.8. The van der Waals surface area contributed by atoms with E-state index in [1.54, 1.807) is 0 Å². The molecule has 2 saturated carbocycles. The van der Waals surface area contributed by atoms with Crippen molar-refractivity contribution in [1.82, 2.24) is 0 Å². The topological polar surface area (TPSA) is 49.8 Å². The molecule has 0 aromatic heterocycles. The van der Waals surface area contributed by atoms with E-state index in [4.69, 9.17) is 4.74 Å². The van der Waals surface area contributed by atoms with Crippen molar-refractivity contribution in [2.24, 2.45) is 29.6 Å². The van der Waals surface area contributed by atoms with Crippen LogP contribution in [0.15, 0.2) is 24.3 Å². The van der Waals surface area contributed by atoms with Gasteiger partial charge in [0.15, 0.2) is 5.72 Å². The van der Waals surface area contributed by atoms with Crippen molar-refractivity contribution in [1.29, 1.82) is 0 Å². The highest BCUT2D eigenvalue weighted by molar-refractivity contribution is 6.00. The molecule has 1 N–H and O–H groups in total. The summed E-state index contributed by atoms with van der Waals surface area (Å²) in [5.74, 6) is 0.919. The summed E-state index contributed by atoms with van der Waals surface area (Å²) in [5, 5.41) is 10.5. The Morgan fingerprint density at radius 3 is 2.83 bits per heavy atom. The molecule has 0 radical (unpaired) electrons. The first-order valence-electron chi connectivity index (χ1n) is 8.73. The summed E-state index contributed by atoms with van der Waals surface area (Å²) < 4.78 is 6.52. The van der Waals surface area contributed by atoms with Crippen molar-refractivity contribution in [3.05, 3.63) is 29.8 Å². The first-order chi connectivity index (χ1) is 11.0. The van der Waals surface area contributed by atoms with Crippen LogP contribution in [0.2, 0.25) is 0 Å². The first kappa shape index (κ1) is 14.0. The summed E-state index contributed by atoms with van der Waals surface area (Å²) in [6.07, 6.45) is 0.387. The summed E-state index contributed by atoms with van der Waals surface area (Å²) in [4.78, 5) is 15.2. The highest BCUT2D eigenvalue weighted by Gasteiger charge is 2.79. The molecule has 2 aliphatic heterocycles. The van der Waals surface area contributed by atoms with Gasteiger partial charge >= 0.3 is 0 Å². The Morgan fingerprint density at radius 1 is 1.35 bits per heavy atom. The number of amides is 1. The molecular formula is C19H23NO3. The molecule has 4 aliphatic rings. The van der Waals surface area contributed by atoms with Crippen LogP contribution in [-0.2, 0) is 9.53 Å². The summed E-state index contributed by atoms with van der Waals surface area (Å²) in [5.41, 5.74) is 1.50. The highest BCUT2D eigenvalue weighted by Crippen LogP contribution is 2.69. The predicted molar refractivity (Wildman–Crippen MR) is 85.7 cm³/mol. The number of aliphatic hydroxyl groups is 1. The fourth-order valence-corrected chi connectivity index (χ4v) is 6.08. The minimum Gasteiger partial charge on any atom is -0.390 e. The van der Waals surface area contributed by atoms with E-state index in [0.717, 1.165) is 17.7 Å². The molecule has 2 aliphatic carbocycles. The maximum Gasteiger partial charge on any atom is 0.233 e. The SMILES string of the molecule is Cc1cccc(N2C(=O)[C@@H]3[C@H]4C[C@H]5[C@H](O[C@]2(C(C)C)[C@@H]53)[C@@H]4O)c1. The van der Waals surface area contributed by atoms with E-state index in [9.17, 15) is 9.90 Å². The van der Waals surface area contributed by atoms with Gasteiger partial charge in [-0.1, -0.05) is 26.0 Å². The third kappa shape index (κ3) is 1.39. The summed E-state index contributed by atoms with van der Waals surface area (Å²) in [6, 6.07) is 8.13. The van der Waals surface area contributed by atoms with Gasteiger partial charge in [-0.3, -0.25) is 9.69 Å². The number of anilines is 1. The molecule has 1 aromatic rings. The fraction of sp³-hybridized carbons (Fsp3) is 0.632. The van der Waals surface area contributed by atoms with Crippen LogP contribution in [0.5, 0.6) is 0 Å². The summed E-state index contributed by atoms with van der Waals surface area (Å²) in [7, 11) is 0. The van der Waals surface area contributed by atoms with Crippen molar-refractivity contribution in [3.63, 3.8) is 0 Å². The van der Waals surface area contributed by atoms with E-state index in [0.29, 0.717) is 5.92 Å². The number of nitrogens with zero attached hydrogens (tertiary/aromatic N) is 1. The average molecular weight is 313 g/mol. The van der Waals surface area contributed by atoms with Gasteiger partial charge in [-0.15, -0.1) is 0 Å². The lowest BCUT2D eigenvalue weighted by Gasteiger charge is -2.42. The van der Waals surface area contributed by atoms with Gasteiger partial charge in [-0.2, -0.15) is 0 Å². The molecule has 1 amide bonds. The maximum absolute atomic E-state index is 13.3. The number of aryl methyl sites for hydroxylation is 1. The minimum absolute atomic E-state index is 0.0725. The van der Waals surface area contributed by atoms with Crippen LogP contribution in [-0.4, -0.2) is 28.9 Å². The smallest absolute Gasteiger partial charge is 0.233 e. The number of benzene rings is 1. The lowest BCUT2D eigenvalue weighted by Crippen LogP contribution is -2.54. The van der Waals surface area contributed by atoms with Gasteiger partial charge in [0.25, 0.3) is 0 Å². The lowest BCUT2D eigenvalue weighted by molar-refractivity contribution is -0.136. The summed E-state index contributed by atoms with van der Waals surface area (Å²) >= 11 is 0. The third-order valence-electron chi connectivity index (χ3n) is 6.80. The molecule has 23 heavy (non-hydrogen) atoms. The molecule has 4 nitrogen and oxygen atoms in total. The fourth-order valence-electron chi connectivity index (χ4n) is 6.08. The normalized spacial score (nSPS) is 46.5. The molecule has 1 aromatic carbocycles. The van der Waals surface area contributed by atoms with E-state index in [1.807, 2.05) is 30.0 Å². The van der Waals surface area contributed by atoms with Gasteiger partial charge in [-0.25, -0.2) is 0 Å². The van der Waals surface area contributed by atoms with Crippen LogP contribution in [0.1, 0.15) is 25.8 Å². The number of carbonyl (C=O) groups is 1. The van der Waals surface area contributed by atoms with Crippen molar-refractivity contribution >= 4 is 11.6 Å². The number of rotatable bonds is 2. The van der Waals surface area contributed by atoms with Crippen LogP contribution in [0.3, 0.4) is 0 Å². The average Bonchev–Trinajstić information content (AvgIpc) is 3.15. The minimum atomic E-state index is -0.586. The van der Waals surface area contributed by atoms with Gasteiger partial charge in [-0.05, 0) is 42.9 Å². The van der Waals surface area contributed by atoms with Gasteiger partial charge in [0.1, 0.15) is 0 Å². The van der Waals surface area contributed by atoms with Gasteiger partial charge in [0.05, 0.1) is 18.1 Å². The third-order valence-corrected chi connectivity index (χ3v) is 6.80. The molecule has 7 atom stereocenters. The van der Waals surface area contributed by atoms with E-state index < -0.39 is 11.8 Å². The highest BCUT2D eigenvalue weighted by atomic mass is 16.6. The number of aliphatic hydroxyl groups excluding tert-OH is 1. The first-order valence-corrected chi connectivity index (χ1v) is 8.73. The Bertz CT molecular complexity index is 702. The van der Waals surface area contributed by atoms with Crippen molar-refractivity contribution in [2.75, 3.05) is 4.90 Å². The number of hydrogen-bond donors (Lipinski definition) is 1. The Hall–Kier alpha value is -1.39. The van der Waals surface area contributed by atoms with E-state index in [2.05, 4.69) is 19.9 Å². The molecule has 5 rings (SSSR count). The molecule has 0 spiro atoms. The second kappa shape index (κ2) is 4.17. The number of hydrogen-bond acceptors (Lipinski definition) is 3. The van der Waals surface area contributed by atoms with E-state index >= 15 is 0 Å². The van der Waals surface area contributed by atoms with Gasteiger partial charge in [0, 0.05) is 17.5 Å². The Kier molecular flexibility index (Phi) is 2.54. The van der Waals surface area contributed by atoms with Crippen LogP contribution in [0.25, 0.3) is 0 Å². The monoisotopic (exact) mass is 313 g/mol. The predicted octanol–water partition coefficient (Wildman–Crippen LogP) is 2.34. The van der Waals surface area contributed by atoms with Gasteiger partial charge < -0.3 is 9.84 Å². The Labute approximate surface area is 136 Å². The lowest BCUT2D eigenvalue weighted by atomic mass is 9.74. The number of fused-ring (bicyclic) bond motifs is 2.